The lowest BCUT2D eigenvalue weighted by molar-refractivity contribution is -0.300. The van der Waals surface area contributed by atoms with Crippen LogP contribution in [0.5, 0.6) is 0 Å². The maximum absolute atomic E-state index is 5.31. The summed E-state index contributed by atoms with van der Waals surface area (Å²) < 4.78 is 0. The second kappa shape index (κ2) is 5.86. The fourth-order valence-electron chi connectivity index (χ4n) is 2.94. The molecule has 0 aromatic heterocycles. The van der Waals surface area contributed by atoms with Crippen LogP contribution in [0.25, 0.3) is 0 Å². The minimum absolute atomic E-state index is 0.360. The number of hydrogen-bond acceptors (Lipinski definition) is 2. The summed E-state index contributed by atoms with van der Waals surface area (Å²) in [5.74, 6) is 1.48. The van der Waals surface area contributed by atoms with Gasteiger partial charge in [-0.15, -0.1) is 0 Å². The Bertz CT molecular complexity index is 155. The highest BCUT2D eigenvalue weighted by atomic mass is 17.2. The highest BCUT2D eigenvalue weighted by Crippen LogP contribution is 2.39. The lowest BCUT2D eigenvalue weighted by Crippen LogP contribution is -2.29. The second-order valence-corrected chi connectivity index (χ2v) is 5.88. The van der Waals surface area contributed by atoms with E-state index in [1.54, 1.807) is 0 Å². The Morgan fingerprint density at radius 2 is 1.60 bits per heavy atom. The first kappa shape index (κ1) is 13.0. The van der Waals surface area contributed by atoms with Crippen molar-refractivity contribution in [2.75, 3.05) is 13.2 Å². The van der Waals surface area contributed by atoms with Gasteiger partial charge in [0.25, 0.3) is 0 Å². The molecule has 0 radical (unpaired) electrons. The van der Waals surface area contributed by atoms with E-state index in [-0.39, 0.29) is 0 Å². The summed E-state index contributed by atoms with van der Waals surface area (Å²) in [7, 11) is 0. The van der Waals surface area contributed by atoms with Gasteiger partial charge in [-0.2, -0.15) is 0 Å². The maximum atomic E-state index is 5.31. The van der Waals surface area contributed by atoms with Crippen molar-refractivity contribution in [3.05, 3.63) is 0 Å². The van der Waals surface area contributed by atoms with Crippen LogP contribution in [0.4, 0.5) is 0 Å². The van der Waals surface area contributed by atoms with Gasteiger partial charge in [0, 0.05) is 0 Å². The Morgan fingerprint density at radius 3 is 2.13 bits per heavy atom. The molecule has 1 fully saturated rings. The van der Waals surface area contributed by atoms with E-state index >= 15 is 0 Å². The van der Waals surface area contributed by atoms with Gasteiger partial charge in [-0.05, 0) is 42.9 Å². The lowest BCUT2D eigenvalue weighted by Gasteiger charge is -2.34. The third-order valence-electron chi connectivity index (χ3n) is 3.07. The molecule has 1 heterocycles. The predicted molar refractivity (Wildman–Crippen MR) is 62.5 cm³/mol. The van der Waals surface area contributed by atoms with E-state index < -0.39 is 0 Å². The molecule has 0 aromatic carbocycles. The van der Waals surface area contributed by atoms with Crippen molar-refractivity contribution in [2.24, 2.45) is 17.3 Å². The van der Waals surface area contributed by atoms with Gasteiger partial charge in [-0.25, -0.2) is 9.78 Å². The minimum atomic E-state index is 0.360. The Labute approximate surface area is 94.3 Å². The summed E-state index contributed by atoms with van der Waals surface area (Å²) >= 11 is 0. The molecule has 1 rings (SSSR count). The molecule has 1 aliphatic heterocycles. The van der Waals surface area contributed by atoms with Crippen LogP contribution in [0.15, 0.2) is 0 Å². The summed E-state index contributed by atoms with van der Waals surface area (Å²) in [4.78, 5) is 10.4. The zero-order valence-electron chi connectivity index (χ0n) is 10.7. The average molecular weight is 214 g/mol. The van der Waals surface area contributed by atoms with Crippen molar-refractivity contribution in [2.45, 2.75) is 53.4 Å². The Kier molecular flexibility index (Phi) is 5.07. The first-order valence-electron chi connectivity index (χ1n) is 6.28. The molecule has 0 saturated carbocycles. The molecule has 1 saturated heterocycles. The zero-order chi connectivity index (χ0) is 11.3. The predicted octanol–water partition coefficient (Wildman–Crippen LogP) is 3.81. The van der Waals surface area contributed by atoms with E-state index in [4.69, 9.17) is 9.78 Å². The van der Waals surface area contributed by atoms with E-state index in [0.717, 1.165) is 31.5 Å². The van der Waals surface area contributed by atoms with Gasteiger partial charge in [-0.3, -0.25) is 0 Å². The fraction of sp³-hybridized carbons (Fsp3) is 1.00. The largest absolute Gasteiger partial charge is 0.237 e. The van der Waals surface area contributed by atoms with E-state index in [2.05, 4.69) is 27.7 Å². The van der Waals surface area contributed by atoms with E-state index in [9.17, 15) is 0 Å². The molecule has 15 heavy (non-hydrogen) atoms. The van der Waals surface area contributed by atoms with Crippen LogP contribution in [0.2, 0.25) is 0 Å². The summed E-state index contributed by atoms with van der Waals surface area (Å²) in [6.07, 6.45) is 4.91. The lowest BCUT2D eigenvalue weighted by atomic mass is 9.72. The van der Waals surface area contributed by atoms with Crippen LogP contribution in [0.1, 0.15) is 53.4 Å². The molecule has 0 unspecified atom stereocenters. The Balaban J connectivity index is 2.63. The summed E-state index contributed by atoms with van der Waals surface area (Å²) in [6.45, 7) is 10.7. The molecule has 90 valence electrons. The molecule has 0 N–H and O–H groups in total. The van der Waals surface area contributed by atoms with Gasteiger partial charge in [-0.1, -0.05) is 27.7 Å². The van der Waals surface area contributed by atoms with Crippen LogP contribution < -0.4 is 0 Å². The zero-order valence-corrected chi connectivity index (χ0v) is 10.7. The molecule has 0 aliphatic carbocycles. The smallest absolute Gasteiger partial charge is 0.0878 e. The molecule has 0 bridgehead atoms. The monoisotopic (exact) mass is 214 g/mol. The number of hydrogen-bond donors (Lipinski definition) is 0. The van der Waals surface area contributed by atoms with Crippen LogP contribution in [0.3, 0.4) is 0 Å². The van der Waals surface area contributed by atoms with Gasteiger partial charge in [0.2, 0.25) is 0 Å². The molecule has 2 heteroatoms. The molecule has 0 aromatic rings. The van der Waals surface area contributed by atoms with Crippen molar-refractivity contribution in [3.8, 4) is 0 Å². The normalized spacial score (nSPS) is 22.0. The van der Waals surface area contributed by atoms with Gasteiger partial charge in [0.05, 0.1) is 13.2 Å². The summed E-state index contributed by atoms with van der Waals surface area (Å²) in [5.41, 5.74) is 0.360. The topological polar surface area (TPSA) is 18.5 Å². The van der Waals surface area contributed by atoms with Crippen LogP contribution in [0, 0.1) is 17.3 Å². The van der Waals surface area contributed by atoms with E-state index in [1.165, 1.54) is 19.3 Å². The summed E-state index contributed by atoms with van der Waals surface area (Å²) in [5, 5.41) is 0. The highest BCUT2D eigenvalue weighted by molar-refractivity contribution is 4.82. The van der Waals surface area contributed by atoms with Crippen molar-refractivity contribution in [3.63, 3.8) is 0 Å². The first-order chi connectivity index (χ1) is 7.04. The van der Waals surface area contributed by atoms with Gasteiger partial charge >= 0.3 is 0 Å². The number of rotatable bonds is 4. The van der Waals surface area contributed by atoms with Gasteiger partial charge < -0.3 is 0 Å². The molecule has 2 nitrogen and oxygen atoms in total. The molecule has 1 aliphatic rings. The fourth-order valence-corrected chi connectivity index (χ4v) is 2.94. The van der Waals surface area contributed by atoms with Gasteiger partial charge in [0.1, 0.15) is 0 Å². The average Bonchev–Trinajstić information content (AvgIpc) is 2.27. The molecule has 0 spiro atoms. The van der Waals surface area contributed by atoms with E-state index in [1.807, 2.05) is 0 Å². The standard InChI is InChI=1S/C13H26O2/c1-11(2)8-13(9-12(3)4)6-5-7-14-15-10-13/h11-12H,5-10H2,1-4H3. The third kappa shape index (κ3) is 4.52. The first-order valence-corrected chi connectivity index (χ1v) is 6.28. The molecule has 0 atom stereocenters. The Hall–Kier alpha value is -0.0800. The van der Waals surface area contributed by atoms with Crippen LogP contribution >= 0.6 is 0 Å². The van der Waals surface area contributed by atoms with Crippen molar-refractivity contribution < 1.29 is 9.78 Å². The SMILES string of the molecule is CC(C)CC1(CC(C)C)CCCOOC1. The van der Waals surface area contributed by atoms with Gasteiger partial charge in [0.15, 0.2) is 0 Å². The van der Waals surface area contributed by atoms with E-state index in [0.29, 0.717) is 5.41 Å². The van der Waals surface area contributed by atoms with Crippen molar-refractivity contribution in [1.29, 1.82) is 0 Å². The quantitative estimate of drug-likeness (QED) is 0.663. The highest BCUT2D eigenvalue weighted by Gasteiger charge is 2.33. The second-order valence-electron chi connectivity index (χ2n) is 5.88. The van der Waals surface area contributed by atoms with Crippen LogP contribution in [-0.2, 0) is 9.78 Å². The molecule has 0 amide bonds. The maximum Gasteiger partial charge on any atom is 0.0878 e. The molecular formula is C13H26O2. The molecular weight excluding hydrogens is 188 g/mol. The third-order valence-corrected chi connectivity index (χ3v) is 3.07. The van der Waals surface area contributed by atoms with Crippen LogP contribution in [-0.4, -0.2) is 13.2 Å². The summed E-state index contributed by atoms with van der Waals surface area (Å²) in [6, 6.07) is 0. The Morgan fingerprint density at radius 1 is 1.00 bits per heavy atom. The minimum Gasteiger partial charge on any atom is -0.237 e. The van der Waals surface area contributed by atoms with Crippen molar-refractivity contribution >= 4 is 0 Å². The van der Waals surface area contributed by atoms with Crippen molar-refractivity contribution in [1.82, 2.24) is 0 Å².